The van der Waals surface area contributed by atoms with E-state index in [0.717, 1.165) is 10.8 Å². The minimum atomic E-state index is -0.505. The maximum Gasteiger partial charge on any atom is 0.346 e. The van der Waals surface area contributed by atoms with Crippen LogP contribution in [0.2, 0.25) is 0 Å². The van der Waals surface area contributed by atoms with Gasteiger partial charge in [0.25, 0.3) is 0 Å². The van der Waals surface area contributed by atoms with Crippen LogP contribution >= 0.6 is 12.4 Å². The highest BCUT2D eigenvalue weighted by Gasteiger charge is 1.99. The molecule has 4 N–H and O–H groups in total. The summed E-state index contributed by atoms with van der Waals surface area (Å²) in [6, 6.07) is 4.80. The van der Waals surface area contributed by atoms with E-state index >= 15 is 0 Å². The molecule has 0 radical (unpaired) electrons. The van der Waals surface area contributed by atoms with Gasteiger partial charge in [-0.3, -0.25) is 0 Å². The first-order valence-corrected chi connectivity index (χ1v) is 5.26. The van der Waals surface area contributed by atoms with Gasteiger partial charge in [0.1, 0.15) is 0 Å². The zero-order chi connectivity index (χ0) is 8.27. The zero-order valence-corrected chi connectivity index (χ0v) is 8.76. The summed E-state index contributed by atoms with van der Waals surface area (Å²) in [5.74, 6) is -0.141. The topological polar surface area (TPSA) is 66.5 Å². The molecular formula is C7H11AlClNO2. The fourth-order valence-corrected chi connectivity index (χ4v) is 1.54. The van der Waals surface area contributed by atoms with Gasteiger partial charge in [0, 0.05) is 0 Å². The number of hydrogen-bond acceptors (Lipinski definition) is 3. The van der Waals surface area contributed by atoms with Crippen LogP contribution in [0, 0.1) is 0 Å². The molecule has 3 nitrogen and oxygen atoms in total. The molecule has 1 aromatic rings. The molecule has 0 amide bonds. The molecule has 0 aliphatic heterocycles. The largest absolute Gasteiger partial charge is 0.504 e. The van der Waals surface area contributed by atoms with Gasteiger partial charge >= 0.3 is 15.4 Å². The van der Waals surface area contributed by atoms with Crippen LogP contribution in [0.5, 0.6) is 11.5 Å². The molecule has 0 aliphatic rings. The second-order valence-electron chi connectivity index (χ2n) is 2.36. The normalized spacial score (nSPS) is 8.75. The van der Waals surface area contributed by atoms with Crippen molar-refractivity contribution in [2.24, 2.45) is 4.72 Å². The molecule has 0 heterocycles. The Kier molecular flexibility index (Phi) is 5.11. The first-order valence-electron chi connectivity index (χ1n) is 3.45. The smallest absolute Gasteiger partial charge is 0.346 e. The van der Waals surface area contributed by atoms with Crippen molar-refractivity contribution in [2.75, 3.05) is 0 Å². The van der Waals surface area contributed by atoms with Gasteiger partial charge in [-0.25, -0.2) is 0 Å². The molecule has 1 aromatic carbocycles. The predicted molar refractivity (Wildman–Crippen MR) is 52.1 cm³/mol. The Balaban J connectivity index is 0.00000121. The van der Waals surface area contributed by atoms with Gasteiger partial charge in [0.05, 0.1) is 0 Å². The quantitative estimate of drug-likeness (QED) is 0.479. The molecule has 0 bridgehead atoms. The van der Waals surface area contributed by atoms with E-state index in [4.69, 9.17) is 14.9 Å². The lowest BCUT2D eigenvalue weighted by Gasteiger charge is -1.99. The number of benzene rings is 1. The first kappa shape index (κ1) is 11.6. The Morgan fingerprint density at radius 2 is 1.92 bits per heavy atom. The molecule has 0 atom stereocenters. The summed E-state index contributed by atoms with van der Waals surface area (Å²) in [5, 5.41) is 18.8. The van der Waals surface area contributed by atoms with Crippen LogP contribution in [-0.4, -0.2) is 25.7 Å². The fourth-order valence-electron chi connectivity index (χ4n) is 0.891. The van der Waals surface area contributed by atoms with Crippen LogP contribution in [0.15, 0.2) is 18.2 Å². The highest BCUT2D eigenvalue weighted by atomic mass is 35.5. The van der Waals surface area contributed by atoms with Crippen molar-refractivity contribution in [1.29, 1.82) is 0 Å². The van der Waals surface area contributed by atoms with Crippen molar-refractivity contribution in [1.82, 2.24) is 0 Å². The third kappa shape index (κ3) is 2.92. The van der Waals surface area contributed by atoms with E-state index in [1.165, 1.54) is 6.07 Å². The summed E-state index contributed by atoms with van der Waals surface area (Å²) < 4.78 is 5.44. The first-order chi connectivity index (χ1) is 5.24. The predicted octanol–water partition coefficient (Wildman–Crippen LogP) is 0.330. The average molecular weight is 204 g/mol. The molecular weight excluding hydrogens is 193 g/mol. The lowest BCUT2D eigenvalue weighted by Crippen LogP contribution is -2.07. The minimum absolute atomic E-state index is 0. The number of phenols is 2. The Morgan fingerprint density at radius 3 is 2.42 bits per heavy atom. The fraction of sp³-hybridized carbons (Fsp3) is 0.143. The van der Waals surface area contributed by atoms with E-state index in [2.05, 4.69) is 0 Å². The van der Waals surface area contributed by atoms with Gasteiger partial charge in [-0.15, -0.1) is 12.4 Å². The monoisotopic (exact) mass is 203 g/mol. The number of hydrogen-bond donors (Lipinski definition) is 3. The van der Waals surface area contributed by atoms with Gasteiger partial charge in [0.15, 0.2) is 11.5 Å². The molecule has 0 aliphatic carbocycles. The highest BCUT2D eigenvalue weighted by molar-refractivity contribution is 6.30. The maximum absolute atomic E-state index is 9.05. The Bertz CT molecular complexity index is 257. The maximum atomic E-state index is 9.05. The van der Waals surface area contributed by atoms with Crippen LogP contribution in [0.4, 0.5) is 0 Å². The van der Waals surface area contributed by atoms with Gasteiger partial charge < -0.3 is 14.9 Å². The van der Waals surface area contributed by atoms with Crippen molar-refractivity contribution in [3.63, 3.8) is 0 Å². The molecule has 12 heavy (non-hydrogen) atoms. The molecule has 0 unspecified atom stereocenters. The van der Waals surface area contributed by atoms with Crippen molar-refractivity contribution in [3.8, 4) is 11.5 Å². The summed E-state index contributed by atoms with van der Waals surface area (Å²) in [7, 11) is 0. The van der Waals surface area contributed by atoms with E-state index in [1.54, 1.807) is 12.1 Å². The number of nitrogens with two attached hydrogens (primary N) is 1. The molecule has 0 saturated heterocycles. The van der Waals surface area contributed by atoms with Crippen molar-refractivity contribution >= 4 is 27.8 Å². The molecule has 5 heteroatoms. The SMILES string of the molecule is Cl.[NH2][AlH][CH2]c1ccc(O)c(O)c1. The van der Waals surface area contributed by atoms with Crippen LogP contribution in [0.3, 0.4) is 0 Å². The summed E-state index contributed by atoms with van der Waals surface area (Å²) in [6.45, 7) is 0. The van der Waals surface area contributed by atoms with Gasteiger partial charge in [-0.2, -0.15) is 0 Å². The van der Waals surface area contributed by atoms with Gasteiger partial charge in [0.2, 0.25) is 0 Å². The lowest BCUT2D eigenvalue weighted by molar-refractivity contribution is 0.403. The highest BCUT2D eigenvalue weighted by Crippen LogP contribution is 2.24. The van der Waals surface area contributed by atoms with Crippen molar-refractivity contribution in [3.05, 3.63) is 23.8 Å². The van der Waals surface area contributed by atoms with Crippen LogP contribution < -0.4 is 4.72 Å². The second-order valence-corrected chi connectivity index (χ2v) is 3.44. The number of aromatic hydroxyl groups is 2. The minimum Gasteiger partial charge on any atom is -0.504 e. The summed E-state index contributed by atoms with van der Waals surface area (Å²) in [5.41, 5.74) is 0.995. The molecule has 1 rings (SSSR count). The molecule has 0 spiro atoms. The molecule has 0 aromatic heterocycles. The average Bonchev–Trinajstić information content (AvgIpc) is 1.98. The number of phenolic OH excluding ortho intramolecular Hbond substituents is 2. The zero-order valence-electron chi connectivity index (χ0n) is 6.53. The van der Waals surface area contributed by atoms with Crippen molar-refractivity contribution < 1.29 is 10.2 Å². The second kappa shape index (κ2) is 5.28. The van der Waals surface area contributed by atoms with Gasteiger partial charge in [-0.05, 0) is 12.1 Å². The standard InChI is InChI=1S/C7H7O2.Al.ClH.H2N.H/c1-5-2-3-6(8)7(9)4-5;;;;/h2-4,8-9H,1H2;;1H;1H2;/q;+1;;-1;. The number of halogens is 1. The van der Waals surface area contributed by atoms with Crippen LogP contribution in [0.1, 0.15) is 5.56 Å². The van der Waals surface area contributed by atoms with Gasteiger partial charge in [-0.1, -0.05) is 16.9 Å². The van der Waals surface area contributed by atoms with Crippen LogP contribution in [0.25, 0.3) is 0 Å². The molecule has 0 saturated carbocycles. The van der Waals surface area contributed by atoms with E-state index in [0.29, 0.717) is 0 Å². The third-order valence-corrected chi connectivity index (χ3v) is 2.34. The number of rotatable bonds is 2. The summed E-state index contributed by atoms with van der Waals surface area (Å²) in [4.78, 5) is 0. The van der Waals surface area contributed by atoms with E-state index in [9.17, 15) is 0 Å². The summed E-state index contributed by atoms with van der Waals surface area (Å²) in [6.07, 6.45) is 0. The molecule has 66 valence electrons. The Labute approximate surface area is 83.6 Å². The molecule has 0 fully saturated rings. The Hall–Kier alpha value is -0.398. The van der Waals surface area contributed by atoms with E-state index < -0.39 is 15.4 Å². The van der Waals surface area contributed by atoms with Crippen LogP contribution in [-0.2, 0) is 5.28 Å². The van der Waals surface area contributed by atoms with Crippen molar-refractivity contribution in [2.45, 2.75) is 5.28 Å². The Morgan fingerprint density at radius 1 is 1.25 bits per heavy atom. The summed E-state index contributed by atoms with van der Waals surface area (Å²) >= 11 is -0.505. The van der Waals surface area contributed by atoms with E-state index in [-0.39, 0.29) is 23.9 Å². The third-order valence-electron chi connectivity index (χ3n) is 1.47. The van der Waals surface area contributed by atoms with E-state index in [1.807, 2.05) is 0 Å². The lowest BCUT2D eigenvalue weighted by atomic mass is 10.2.